The molecule has 0 N–H and O–H groups in total. The Hall–Kier alpha value is -5.16. The van der Waals surface area contributed by atoms with Crippen LogP contribution in [0.15, 0.2) is 103 Å². The van der Waals surface area contributed by atoms with Crippen LogP contribution in [0.25, 0.3) is 39.0 Å². The Labute approximate surface area is 296 Å². The summed E-state index contributed by atoms with van der Waals surface area (Å²) in [4.78, 5) is 4.81. The first kappa shape index (κ1) is 33.3. The third kappa shape index (κ3) is 6.10. The zero-order chi connectivity index (χ0) is 35.5. The molecule has 0 aliphatic heterocycles. The Balaban J connectivity index is 1.27. The molecule has 0 saturated carbocycles. The molecule has 0 radical (unpaired) electrons. The van der Waals surface area contributed by atoms with Crippen LogP contribution in [0.3, 0.4) is 0 Å². The van der Waals surface area contributed by atoms with E-state index in [-0.39, 0.29) is 10.8 Å². The smallest absolute Gasteiger partial charge is 0.269 e. The van der Waals surface area contributed by atoms with Gasteiger partial charge in [0.25, 0.3) is 6.33 Å². The Morgan fingerprint density at radius 2 is 1.38 bits per heavy atom. The fraction of sp³-hybridized carbons (Fsp3) is 0.289. The van der Waals surface area contributed by atoms with E-state index in [1.165, 1.54) is 27.5 Å². The van der Waals surface area contributed by atoms with Crippen molar-refractivity contribution in [1.82, 2.24) is 14.1 Å². The van der Waals surface area contributed by atoms with Gasteiger partial charge < -0.3 is 4.74 Å². The zero-order valence-electron chi connectivity index (χ0n) is 31.1. The number of hydrogen-bond donors (Lipinski definition) is 0. The molecule has 5 heteroatoms. The third-order valence-electron chi connectivity index (χ3n) is 9.92. The van der Waals surface area contributed by atoms with E-state index in [1.807, 2.05) is 18.3 Å². The van der Waals surface area contributed by atoms with Gasteiger partial charge in [-0.1, -0.05) is 85.7 Å². The van der Waals surface area contributed by atoms with Gasteiger partial charge in [0, 0.05) is 23.0 Å². The second-order valence-corrected chi connectivity index (χ2v) is 15.9. The molecule has 0 unspecified atom stereocenters. The molecule has 0 atom stereocenters. The summed E-state index contributed by atoms with van der Waals surface area (Å²) in [6.07, 6.45) is 5.59. The topological polar surface area (TPSA) is 35.9 Å². The first-order chi connectivity index (χ1) is 23.7. The second-order valence-electron chi connectivity index (χ2n) is 15.9. The average molecular weight is 661 g/mol. The Bertz CT molecular complexity index is 2340. The number of para-hydroxylation sites is 1. The standard InChI is InChI=1S/C45H48N4O/c1-29(2)32-20-21-46-43(22-32)49-41-17-12-11-16-39(41)40-19-18-38(27-42(40)49)50-37-15-13-14-35(26-37)47-28-48(31(4)30(47)3)36-24-33(44(5,6)7)23-34(25-36)45(8,9)10/h11-27,29H,1-10H3. The second kappa shape index (κ2) is 12.3. The molecule has 0 aliphatic carbocycles. The molecule has 3 aromatic heterocycles. The number of hydrogen-bond acceptors (Lipinski definition) is 2. The summed E-state index contributed by atoms with van der Waals surface area (Å²) in [5.74, 6) is 2.85. The van der Waals surface area contributed by atoms with E-state index >= 15 is 0 Å². The van der Waals surface area contributed by atoms with E-state index in [0.29, 0.717) is 5.92 Å². The van der Waals surface area contributed by atoms with Crippen molar-refractivity contribution in [2.24, 2.45) is 0 Å². The summed E-state index contributed by atoms with van der Waals surface area (Å²) < 4.78 is 13.2. The predicted octanol–water partition coefficient (Wildman–Crippen LogP) is 11.2. The molecular formula is C45H48N4O. The highest BCUT2D eigenvalue weighted by Gasteiger charge is 2.23. The van der Waals surface area contributed by atoms with Gasteiger partial charge in [-0.2, -0.15) is 0 Å². The van der Waals surface area contributed by atoms with E-state index < -0.39 is 0 Å². The maximum atomic E-state index is 6.60. The van der Waals surface area contributed by atoms with Crippen LogP contribution in [-0.4, -0.2) is 14.1 Å². The van der Waals surface area contributed by atoms with Crippen molar-refractivity contribution in [3.05, 3.63) is 138 Å². The van der Waals surface area contributed by atoms with E-state index in [2.05, 4.69) is 174 Å². The molecule has 0 bridgehead atoms. The lowest BCUT2D eigenvalue weighted by Gasteiger charge is -2.26. The Morgan fingerprint density at radius 1 is 0.700 bits per heavy atom. The molecular weight excluding hydrogens is 613 g/mol. The molecule has 3 heterocycles. The van der Waals surface area contributed by atoms with Crippen LogP contribution >= 0.6 is 0 Å². The van der Waals surface area contributed by atoms with Crippen LogP contribution in [0.5, 0.6) is 11.5 Å². The van der Waals surface area contributed by atoms with Gasteiger partial charge in [-0.15, -0.1) is 0 Å². The van der Waals surface area contributed by atoms with E-state index in [4.69, 9.17) is 9.72 Å². The van der Waals surface area contributed by atoms with Crippen molar-refractivity contribution in [1.29, 1.82) is 0 Å². The molecule has 0 saturated heterocycles. The molecule has 7 rings (SSSR count). The molecule has 0 aliphatic rings. The summed E-state index contributed by atoms with van der Waals surface area (Å²) in [5.41, 5.74) is 10.5. The number of nitrogens with zero attached hydrogens (tertiary/aromatic N) is 4. The van der Waals surface area contributed by atoms with Crippen LogP contribution in [0.1, 0.15) is 89.4 Å². The van der Waals surface area contributed by atoms with Gasteiger partial charge in [-0.25, -0.2) is 4.98 Å². The van der Waals surface area contributed by atoms with Crippen molar-refractivity contribution < 1.29 is 9.30 Å². The quantitative estimate of drug-likeness (QED) is 0.131. The lowest BCUT2D eigenvalue weighted by Crippen LogP contribution is -2.33. The van der Waals surface area contributed by atoms with Gasteiger partial charge in [0.1, 0.15) is 17.3 Å². The minimum absolute atomic E-state index is 0.0275. The van der Waals surface area contributed by atoms with Crippen LogP contribution in [0.2, 0.25) is 0 Å². The fourth-order valence-corrected chi connectivity index (χ4v) is 6.68. The monoisotopic (exact) mass is 660 g/mol. The summed E-state index contributed by atoms with van der Waals surface area (Å²) in [5, 5.41) is 2.36. The van der Waals surface area contributed by atoms with Crippen LogP contribution in [0, 0.1) is 20.2 Å². The molecule has 0 spiro atoms. The largest absolute Gasteiger partial charge is 0.458 e. The van der Waals surface area contributed by atoms with Gasteiger partial charge in [-0.05, 0) is 108 Å². The first-order valence-corrected chi connectivity index (χ1v) is 17.7. The summed E-state index contributed by atoms with van der Waals surface area (Å²) >= 11 is 0. The molecule has 254 valence electrons. The number of rotatable bonds is 6. The molecule has 50 heavy (non-hydrogen) atoms. The minimum Gasteiger partial charge on any atom is -0.458 e. The summed E-state index contributed by atoms with van der Waals surface area (Å²) in [6, 6.07) is 34.4. The normalized spacial score (nSPS) is 12.4. The lowest BCUT2D eigenvalue weighted by atomic mass is 9.80. The zero-order valence-corrected chi connectivity index (χ0v) is 31.1. The van der Waals surface area contributed by atoms with E-state index in [9.17, 15) is 0 Å². The highest BCUT2D eigenvalue weighted by molar-refractivity contribution is 6.09. The van der Waals surface area contributed by atoms with Crippen molar-refractivity contribution in [2.45, 2.75) is 86.0 Å². The lowest BCUT2D eigenvalue weighted by molar-refractivity contribution is -0.606. The molecule has 0 amide bonds. The van der Waals surface area contributed by atoms with Gasteiger partial charge in [-0.3, -0.25) is 13.7 Å². The molecule has 0 fully saturated rings. The van der Waals surface area contributed by atoms with Crippen molar-refractivity contribution in [3.8, 4) is 28.7 Å². The minimum atomic E-state index is 0.0275. The highest BCUT2D eigenvalue weighted by atomic mass is 16.5. The molecule has 4 aromatic carbocycles. The van der Waals surface area contributed by atoms with Crippen molar-refractivity contribution in [3.63, 3.8) is 0 Å². The van der Waals surface area contributed by atoms with E-state index in [1.54, 1.807) is 0 Å². The molecule has 5 nitrogen and oxygen atoms in total. The fourth-order valence-electron chi connectivity index (χ4n) is 6.68. The maximum Gasteiger partial charge on any atom is 0.269 e. The predicted molar refractivity (Wildman–Crippen MR) is 206 cm³/mol. The van der Waals surface area contributed by atoms with Gasteiger partial charge >= 0.3 is 0 Å². The SMILES string of the molecule is Cc1c(C)[n+](-c2cc(C(C)(C)C)cc(C(C)(C)C)c2)[c-]n1-c1cccc(Oc2ccc3c4ccccc4n(-c4cc(C(C)C)ccn4)c3c2)c1. The Morgan fingerprint density at radius 3 is 2.08 bits per heavy atom. The number of benzene rings is 4. The number of imidazole rings is 1. The van der Waals surface area contributed by atoms with Crippen molar-refractivity contribution in [2.75, 3.05) is 0 Å². The number of aromatic nitrogens is 4. The average Bonchev–Trinajstić information content (AvgIpc) is 3.57. The van der Waals surface area contributed by atoms with Crippen LogP contribution in [0.4, 0.5) is 0 Å². The van der Waals surface area contributed by atoms with Crippen LogP contribution < -0.4 is 9.30 Å². The summed E-state index contributed by atoms with van der Waals surface area (Å²) in [7, 11) is 0. The third-order valence-corrected chi connectivity index (χ3v) is 9.92. The number of pyridine rings is 1. The van der Waals surface area contributed by atoms with Gasteiger partial charge in [0.15, 0.2) is 0 Å². The maximum absolute atomic E-state index is 6.60. The van der Waals surface area contributed by atoms with Crippen LogP contribution in [-0.2, 0) is 10.8 Å². The molecule has 7 aromatic rings. The highest BCUT2D eigenvalue weighted by Crippen LogP contribution is 2.36. The van der Waals surface area contributed by atoms with Gasteiger partial charge in [0.05, 0.1) is 33.8 Å². The summed E-state index contributed by atoms with van der Waals surface area (Å²) in [6.45, 7) is 22.4. The Kier molecular flexibility index (Phi) is 8.21. The van der Waals surface area contributed by atoms with Gasteiger partial charge in [0.2, 0.25) is 0 Å². The van der Waals surface area contributed by atoms with E-state index in [0.717, 1.165) is 51.1 Å². The number of fused-ring (bicyclic) bond motifs is 3. The van der Waals surface area contributed by atoms with Crippen molar-refractivity contribution >= 4 is 21.8 Å². The first-order valence-electron chi connectivity index (χ1n) is 17.7. The number of ether oxygens (including phenoxy) is 1.